The Hall–Kier alpha value is -2.66. The van der Waals surface area contributed by atoms with Crippen LogP contribution in [0.5, 0.6) is 0 Å². The molecule has 1 aliphatic heterocycles. The Morgan fingerprint density at radius 3 is 2.71 bits per heavy atom. The van der Waals surface area contributed by atoms with Crippen LogP contribution in [0.1, 0.15) is 12.8 Å². The van der Waals surface area contributed by atoms with Crippen LogP contribution in [0, 0.1) is 10.1 Å². The van der Waals surface area contributed by atoms with Crippen LogP contribution in [-0.4, -0.2) is 51.7 Å². The zero-order chi connectivity index (χ0) is 18.1. The molecule has 1 atom stereocenters. The fraction of sp³-hybridized carbons (Fsp3) is 0.583. The standard InChI is InChI=1S/C12H14F3N5O4/c1-18-10(8(6-16-18)20(23)24)19-4-2-7(9(21)3-5-19)17-11(22)12(13,14)15/h6-7H,2-5H2,1H3,(H,17,22). The number of Topliss-reactive ketones (excluding diaryl/α,β-unsaturated/α-hetero) is 1. The van der Waals surface area contributed by atoms with E-state index in [1.165, 1.54) is 16.6 Å². The summed E-state index contributed by atoms with van der Waals surface area (Å²) in [7, 11) is 1.48. The molecule has 24 heavy (non-hydrogen) atoms. The molecule has 0 aromatic carbocycles. The summed E-state index contributed by atoms with van der Waals surface area (Å²) in [5.74, 6) is -2.57. The predicted octanol–water partition coefficient (Wildman–Crippen LogP) is 0.545. The van der Waals surface area contributed by atoms with Gasteiger partial charge in [0.1, 0.15) is 6.20 Å². The van der Waals surface area contributed by atoms with Crippen LogP contribution in [0.2, 0.25) is 0 Å². The maximum absolute atomic E-state index is 12.3. The molecule has 1 fully saturated rings. The second-order valence-electron chi connectivity index (χ2n) is 5.25. The average Bonchev–Trinajstić information content (AvgIpc) is 2.77. The van der Waals surface area contributed by atoms with E-state index in [1.54, 1.807) is 5.32 Å². The van der Waals surface area contributed by atoms with E-state index in [9.17, 15) is 32.9 Å². The van der Waals surface area contributed by atoms with Crippen molar-refractivity contribution in [2.45, 2.75) is 25.1 Å². The number of nitro groups is 1. The van der Waals surface area contributed by atoms with E-state index in [1.807, 2.05) is 0 Å². The van der Waals surface area contributed by atoms with Crippen LogP contribution in [-0.2, 0) is 16.6 Å². The van der Waals surface area contributed by atoms with E-state index in [-0.39, 0.29) is 37.4 Å². The van der Waals surface area contributed by atoms with Crippen molar-refractivity contribution in [2.75, 3.05) is 18.0 Å². The molecule has 1 aliphatic rings. The molecule has 1 saturated heterocycles. The molecule has 0 spiro atoms. The van der Waals surface area contributed by atoms with Gasteiger partial charge in [-0.1, -0.05) is 0 Å². The number of ketones is 1. The van der Waals surface area contributed by atoms with Crippen LogP contribution in [0.3, 0.4) is 0 Å². The van der Waals surface area contributed by atoms with Gasteiger partial charge in [0.25, 0.3) is 0 Å². The minimum atomic E-state index is -5.08. The molecule has 0 saturated carbocycles. The SMILES string of the molecule is Cn1ncc([N+](=O)[O-])c1N1CCC(=O)C(NC(=O)C(F)(F)F)CC1. The zero-order valence-electron chi connectivity index (χ0n) is 12.5. The van der Waals surface area contributed by atoms with Crippen molar-refractivity contribution in [3.8, 4) is 0 Å². The van der Waals surface area contributed by atoms with Crippen LogP contribution in [0.4, 0.5) is 24.7 Å². The van der Waals surface area contributed by atoms with E-state index in [0.717, 1.165) is 6.20 Å². The number of hydrogen-bond donors (Lipinski definition) is 1. The highest BCUT2D eigenvalue weighted by Crippen LogP contribution is 2.28. The van der Waals surface area contributed by atoms with Crippen molar-refractivity contribution in [1.82, 2.24) is 15.1 Å². The molecule has 12 heteroatoms. The van der Waals surface area contributed by atoms with Gasteiger partial charge in [0.2, 0.25) is 5.82 Å². The highest BCUT2D eigenvalue weighted by Gasteiger charge is 2.41. The summed E-state index contributed by atoms with van der Waals surface area (Å²) in [6, 6.07) is -1.28. The number of rotatable bonds is 3. The number of carbonyl (C=O) groups is 2. The molecule has 1 aromatic heterocycles. The number of amides is 1. The number of halogens is 3. The number of nitrogens with one attached hydrogen (secondary N) is 1. The fourth-order valence-corrected chi connectivity index (χ4v) is 2.50. The van der Waals surface area contributed by atoms with Gasteiger partial charge in [0.15, 0.2) is 5.78 Å². The summed E-state index contributed by atoms with van der Waals surface area (Å²) in [6.45, 7) is 0.145. The van der Waals surface area contributed by atoms with Gasteiger partial charge in [-0.2, -0.15) is 18.3 Å². The van der Waals surface area contributed by atoms with Crippen molar-refractivity contribution in [3.63, 3.8) is 0 Å². The van der Waals surface area contributed by atoms with Crippen molar-refractivity contribution >= 4 is 23.2 Å². The Kier molecular flexibility index (Phi) is 4.76. The van der Waals surface area contributed by atoms with Gasteiger partial charge in [-0.25, -0.2) is 4.68 Å². The molecular formula is C12H14F3N5O4. The van der Waals surface area contributed by atoms with E-state index < -0.39 is 28.8 Å². The molecule has 0 radical (unpaired) electrons. The van der Waals surface area contributed by atoms with Crippen LogP contribution in [0.15, 0.2) is 6.20 Å². The molecule has 1 aromatic rings. The Balaban J connectivity index is 2.15. The molecule has 132 valence electrons. The molecule has 2 heterocycles. The maximum atomic E-state index is 12.3. The summed E-state index contributed by atoms with van der Waals surface area (Å²) in [6.07, 6.45) is -4.26. The summed E-state index contributed by atoms with van der Waals surface area (Å²) in [4.78, 5) is 34.8. The Labute approximate surface area is 133 Å². The number of hydrogen-bond acceptors (Lipinski definition) is 6. The molecule has 9 nitrogen and oxygen atoms in total. The van der Waals surface area contributed by atoms with Gasteiger partial charge in [0.05, 0.1) is 11.0 Å². The maximum Gasteiger partial charge on any atom is 0.471 e. The van der Waals surface area contributed by atoms with Crippen molar-refractivity contribution in [2.24, 2.45) is 7.05 Å². The number of aromatic nitrogens is 2. The van der Waals surface area contributed by atoms with Gasteiger partial charge < -0.3 is 10.2 Å². The first kappa shape index (κ1) is 17.7. The monoisotopic (exact) mass is 349 g/mol. The lowest BCUT2D eigenvalue weighted by Crippen LogP contribution is -2.46. The molecule has 2 rings (SSSR count). The van der Waals surface area contributed by atoms with E-state index in [2.05, 4.69) is 5.10 Å². The molecule has 0 aliphatic carbocycles. The number of nitrogens with zero attached hydrogens (tertiary/aromatic N) is 4. The Morgan fingerprint density at radius 1 is 1.46 bits per heavy atom. The lowest BCUT2D eigenvalue weighted by molar-refractivity contribution is -0.384. The molecule has 1 N–H and O–H groups in total. The Bertz CT molecular complexity index is 672. The predicted molar refractivity (Wildman–Crippen MR) is 74.3 cm³/mol. The van der Waals surface area contributed by atoms with Crippen molar-refractivity contribution < 1.29 is 27.7 Å². The van der Waals surface area contributed by atoms with E-state index in [0.29, 0.717) is 0 Å². The average molecular weight is 349 g/mol. The van der Waals surface area contributed by atoms with Gasteiger partial charge in [0, 0.05) is 26.6 Å². The molecular weight excluding hydrogens is 335 g/mol. The summed E-state index contributed by atoms with van der Waals surface area (Å²) in [5, 5.41) is 16.5. The molecule has 0 bridgehead atoms. The number of anilines is 1. The van der Waals surface area contributed by atoms with E-state index >= 15 is 0 Å². The minimum Gasteiger partial charge on any atom is -0.351 e. The smallest absolute Gasteiger partial charge is 0.351 e. The van der Waals surface area contributed by atoms with Crippen LogP contribution in [0.25, 0.3) is 0 Å². The van der Waals surface area contributed by atoms with Gasteiger partial charge >= 0.3 is 17.8 Å². The Morgan fingerprint density at radius 2 is 2.12 bits per heavy atom. The fourth-order valence-electron chi connectivity index (χ4n) is 2.50. The summed E-state index contributed by atoms with van der Waals surface area (Å²) in [5.41, 5.74) is -0.261. The molecule has 1 unspecified atom stereocenters. The third kappa shape index (κ3) is 3.63. The first-order chi connectivity index (χ1) is 11.1. The highest BCUT2D eigenvalue weighted by atomic mass is 19.4. The molecule has 1 amide bonds. The van der Waals surface area contributed by atoms with Gasteiger partial charge in [-0.3, -0.25) is 19.7 Å². The van der Waals surface area contributed by atoms with E-state index in [4.69, 9.17) is 0 Å². The second-order valence-corrected chi connectivity index (χ2v) is 5.25. The lowest BCUT2D eigenvalue weighted by atomic mass is 10.1. The third-order valence-corrected chi connectivity index (χ3v) is 3.65. The van der Waals surface area contributed by atoms with Gasteiger partial charge in [-0.15, -0.1) is 0 Å². The summed E-state index contributed by atoms with van der Waals surface area (Å²) < 4.78 is 38.2. The topological polar surface area (TPSA) is 110 Å². The third-order valence-electron chi connectivity index (χ3n) is 3.65. The van der Waals surface area contributed by atoms with Crippen molar-refractivity contribution in [1.29, 1.82) is 0 Å². The largest absolute Gasteiger partial charge is 0.471 e. The zero-order valence-corrected chi connectivity index (χ0v) is 12.5. The van der Waals surface area contributed by atoms with Crippen LogP contribution < -0.4 is 10.2 Å². The lowest BCUT2D eigenvalue weighted by Gasteiger charge is -2.21. The second kappa shape index (κ2) is 6.45. The number of carbonyl (C=O) groups excluding carboxylic acids is 2. The first-order valence-corrected chi connectivity index (χ1v) is 6.93. The quantitative estimate of drug-likeness (QED) is 0.630. The normalized spacial score (nSPS) is 19.1. The minimum absolute atomic E-state index is 0.0644. The first-order valence-electron chi connectivity index (χ1n) is 6.93. The van der Waals surface area contributed by atoms with Crippen LogP contribution >= 0.6 is 0 Å². The highest BCUT2D eigenvalue weighted by molar-refractivity contribution is 5.91. The van der Waals surface area contributed by atoms with Crippen molar-refractivity contribution in [3.05, 3.63) is 16.3 Å². The summed E-state index contributed by atoms with van der Waals surface area (Å²) >= 11 is 0. The number of aryl methyl sites for hydroxylation is 1. The number of alkyl halides is 3. The van der Waals surface area contributed by atoms with Gasteiger partial charge in [-0.05, 0) is 6.42 Å².